The van der Waals surface area contributed by atoms with E-state index in [0.717, 1.165) is 56.3 Å². The third kappa shape index (κ3) is 3.08. The number of H-pyrrole nitrogens is 1. The average Bonchev–Trinajstić information content (AvgIpc) is 3.02. The van der Waals surface area contributed by atoms with Crippen LogP contribution in [0.25, 0.3) is 0 Å². The summed E-state index contributed by atoms with van der Waals surface area (Å²) in [5.74, 6) is 0.364. The lowest BCUT2D eigenvalue weighted by Crippen LogP contribution is -2.54. The van der Waals surface area contributed by atoms with Gasteiger partial charge in [0.2, 0.25) is 0 Å². The molecular formula is C19H27N3O3. The number of rotatable bonds is 2. The third-order valence-electron chi connectivity index (χ3n) is 6.61. The second-order valence-electron chi connectivity index (χ2n) is 8.29. The number of aromatic amines is 1. The van der Waals surface area contributed by atoms with Crippen molar-refractivity contribution in [3.8, 4) is 0 Å². The largest absolute Gasteiger partial charge is 0.465 e. The van der Waals surface area contributed by atoms with Crippen molar-refractivity contribution < 1.29 is 9.90 Å². The highest BCUT2D eigenvalue weighted by Gasteiger charge is 2.51. The highest BCUT2D eigenvalue weighted by atomic mass is 16.4. The van der Waals surface area contributed by atoms with Crippen molar-refractivity contribution in [2.45, 2.75) is 51.0 Å². The smallest absolute Gasteiger partial charge is 0.407 e. The van der Waals surface area contributed by atoms with Gasteiger partial charge in [-0.1, -0.05) is 0 Å². The quantitative estimate of drug-likeness (QED) is 0.863. The Morgan fingerprint density at radius 3 is 2.64 bits per heavy atom. The molecule has 1 aromatic heterocycles. The molecule has 136 valence electrons. The molecule has 1 saturated carbocycles. The summed E-state index contributed by atoms with van der Waals surface area (Å²) >= 11 is 0. The molecule has 4 rings (SSSR count). The average molecular weight is 345 g/mol. The topological polar surface area (TPSA) is 76.6 Å². The standard InChI is InChI=1S/C19H27N3O3/c1-13-8-16(17(23)20-11-13)14-2-5-21(6-3-14)15-9-19(10-15)4-7-22(12-19)18(24)25/h8,11,14-15H,2-7,9-10,12H2,1H3,(H,20,23)(H,24,25). The van der Waals surface area contributed by atoms with Crippen LogP contribution in [-0.2, 0) is 0 Å². The zero-order chi connectivity index (χ0) is 17.6. The number of carboxylic acid groups (broad SMARTS) is 1. The molecule has 0 aromatic carbocycles. The molecule has 0 radical (unpaired) electrons. The van der Waals surface area contributed by atoms with Crippen molar-refractivity contribution in [2.24, 2.45) is 5.41 Å². The van der Waals surface area contributed by atoms with Gasteiger partial charge in [-0.05, 0) is 75.1 Å². The van der Waals surface area contributed by atoms with Gasteiger partial charge in [0.1, 0.15) is 0 Å². The first-order valence-electron chi connectivity index (χ1n) is 9.37. The van der Waals surface area contributed by atoms with Gasteiger partial charge >= 0.3 is 6.09 Å². The van der Waals surface area contributed by atoms with Crippen LogP contribution in [0.15, 0.2) is 17.1 Å². The van der Waals surface area contributed by atoms with Crippen LogP contribution < -0.4 is 5.56 Å². The van der Waals surface area contributed by atoms with Crippen LogP contribution >= 0.6 is 0 Å². The van der Waals surface area contributed by atoms with Crippen LogP contribution in [0.4, 0.5) is 4.79 Å². The number of pyridine rings is 1. The minimum atomic E-state index is -0.774. The van der Waals surface area contributed by atoms with E-state index in [1.54, 1.807) is 11.1 Å². The maximum absolute atomic E-state index is 12.1. The lowest BCUT2D eigenvalue weighted by atomic mass is 9.64. The molecule has 1 aromatic rings. The molecule has 6 nitrogen and oxygen atoms in total. The van der Waals surface area contributed by atoms with Gasteiger partial charge < -0.3 is 19.9 Å². The first-order valence-corrected chi connectivity index (χ1v) is 9.37. The minimum Gasteiger partial charge on any atom is -0.465 e. The third-order valence-corrected chi connectivity index (χ3v) is 6.61. The van der Waals surface area contributed by atoms with E-state index in [4.69, 9.17) is 5.11 Å². The number of nitrogens with one attached hydrogen (secondary N) is 1. The Morgan fingerprint density at radius 2 is 2.00 bits per heavy atom. The van der Waals surface area contributed by atoms with E-state index in [-0.39, 0.29) is 11.0 Å². The zero-order valence-corrected chi connectivity index (χ0v) is 14.8. The number of hydrogen-bond donors (Lipinski definition) is 2. The van der Waals surface area contributed by atoms with Crippen LogP contribution in [-0.4, -0.2) is 58.2 Å². The Bertz CT molecular complexity index is 715. The van der Waals surface area contributed by atoms with E-state index in [1.807, 2.05) is 13.0 Å². The number of nitrogens with zero attached hydrogens (tertiary/aromatic N) is 2. The van der Waals surface area contributed by atoms with Gasteiger partial charge in [0.25, 0.3) is 5.56 Å². The Kier molecular flexibility index (Phi) is 4.10. The number of aromatic nitrogens is 1. The lowest BCUT2D eigenvalue weighted by Gasteiger charge is -2.51. The second kappa shape index (κ2) is 6.16. The molecule has 3 aliphatic rings. The SMILES string of the molecule is Cc1c[nH]c(=O)c(C2CCN(C3CC4(CCN(C(=O)O)C4)C3)CC2)c1. The van der Waals surface area contributed by atoms with Crippen LogP contribution in [0.5, 0.6) is 0 Å². The maximum Gasteiger partial charge on any atom is 0.407 e. The van der Waals surface area contributed by atoms with Crippen molar-refractivity contribution in [2.75, 3.05) is 26.2 Å². The molecule has 1 amide bonds. The molecule has 3 fully saturated rings. The van der Waals surface area contributed by atoms with E-state index < -0.39 is 6.09 Å². The fourth-order valence-electron chi connectivity index (χ4n) is 5.12. The van der Waals surface area contributed by atoms with Crippen LogP contribution in [0, 0.1) is 12.3 Å². The van der Waals surface area contributed by atoms with E-state index in [9.17, 15) is 9.59 Å². The Hall–Kier alpha value is -1.82. The number of amides is 1. The molecule has 2 N–H and O–H groups in total. The molecule has 2 aliphatic heterocycles. The van der Waals surface area contributed by atoms with Gasteiger partial charge in [0.15, 0.2) is 0 Å². The number of hydrogen-bond acceptors (Lipinski definition) is 3. The normalized spacial score (nSPS) is 30.6. The zero-order valence-electron chi connectivity index (χ0n) is 14.8. The van der Waals surface area contributed by atoms with Gasteiger partial charge in [-0.3, -0.25) is 4.79 Å². The first-order chi connectivity index (χ1) is 12.0. The molecule has 1 aliphatic carbocycles. The second-order valence-corrected chi connectivity index (χ2v) is 8.29. The van der Waals surface area contributed by atoms with Gasteiger partial charge in [-0.2, -0.15) is 0 Å². The summed E-state index contributed by atoms with van der Waals surface area (Å²) in [6, 6.07) is 2.64. The molecule has 2 saturated heterocycles. The predicted molar refractivity (Wildman–Crippen MR) is 95.0 cm³/mol. The summed E-state index contributed by atoms with van der Waals surface area (Å²) in [5, 5.41) is 9.15. The van der Waals surface area contributed by atoms with Crippen LogP contribution in [0.2, 0.25) is 0 Å². The molecule has 1 spiro atoms. The summed E-state index contributed by atoms with van der Waals surface area (Å²) in [5.41, 5.74) is 2.36. The van der Waals surface area contributed by atoms with Crippen LogP contribution in [0.1, 0.15) is 49.1 Å². The fourth-order valence-corrected chi connectivity index (χ4v) is 5.12. The molecule has 0 bridgehead atoms. The Balaban J connectivity index is 1.31. The van der Waals surface area contributed by atoms with Crippen molar-refractivity contribution in [3.05, 3.63) is 33.7 Å². The monoisotopic (exact) mass is 345 g/mol. The molecule has 0 atom stereocenters. The summed E-state index contributed by atoms with van der Waals surface area (Å²) in [7, 11) is 0. The van der Waals surface area contributed by atoms with Gasteiger partial charge in [0, 0.05) is 30.9 Å². The van der Waals surface area contributed by atoms with Crippen LogP contribution in [0.3, 0.4) is 0 Å². The number of carbonyl (C=O) groups is 1. The molecule has 25 heavy (non-hydrogen) atoms. The minimum absolute atomic E-state index is 0.0614. The molecule has 3 heterocycles. The lowest BCUT2D eigenvalue weighted by molar-refractivity contribution is -0.00390. The number of piperidine rings is 1. The number of likely N-dealkylation sites (tertiary alicyclic amines) is 2. The van der Waals surface area contributed by atoms with Gasteiger partial charge in [-0.15, -0.1) is 0 Å². The fraction of sp³-hybridized carbons (Fsp3) is 0.684. The molecule has 6 heteroatoms. The van der Waals surface area contributed by atoms with Crippen molar-refractivity contribution >= 4 is 6.09 Å². The van der Waals surface area contributed by atoms with E-state index in [0.29, 0.717) is 25.0 Å². The highest BCUT2D eigenvalue weighted by Crippen LogP contribution is 2.50. The van der Waals surface area contributed by atoms with Crippen molar-refractivity contribution in [3.63, 3.8) is 0 Å². The summed E-state index contributed by atoms with van der Waals surface area (Å²) in [4.78, 5) is 30.2. The van der Waals surface area contributed by atoms with E-state index in [1.165, 1.54) is 0 Å². The Morgan fingerprint density at radius 1 is 1.28 bits per heavy atom. The van der Waals surface area contributed by atoms with E-state index in [2.05, 4.69) is 9.88 Å². The van der Waals surface area contributed by atoms with Gasteiger partial charge in [0.05, 0.1) is 0 Å². The number of aryl methyl sites for hydroxylation is 1. The van der Waals surface area contributed by atoms with Crippen molar-refractivity contribution in [1.82, 2.24) is 14.8 Å². The summed E-state index contributed by atoms with van der Waals surface area (Å²) in [6.07, 6.45) is 6.36. The maximum atomic E-state index is 12.1. The highest BCUT2D eigenvalue weighted by molar-refractivity contribution is 5.65. The molecule has 0 unspecified atom stereocenters. The first kappa shape index (κ1) is 16.6. The van der Waals surface area contributed by atoms with E-state index >= 15 is 0 Å². The Labute approximate surface area is 147 Å². The van der Waals surface area contributed by atoms with Crippen molar-refractivity contribution in [1.29, 1.82) is 0 Å². The molecular weight excluding hydrogens is 318 g/mol. The predicted octanol–water partition coefficient (Wildman–Crippen LogP) is 2.40. The van der Waals surface area contributed by atoms with Gasteiger partial charge in [-0.25, -0.2) is 4.79 Å². The summed E-state index contributed by atoms with van der Waals surface area (Å²) in [6.45, 7) is 5.52. The summed E-state index contributed by atoms with van der Waals surface area (Å²) < 4.78 is 0.